The van der Waals surface area contributed by atoms with Gasteiger partial charge in [0.2, 0.25) is 0 Å². The van der Waals surface area contributed by atoms with Crippen molar-refractivity contribution in [2.75, 3.05) is 7.05 Å². The zero-order valence-corrected chi connectivity index (χ0v) is 12.1. The second kappa shape index (κ2) is 6.08. The lowest BCUT2D eigenvalue weighted by Gasteiger charge is -2.21. The summed E-state index contributed by atoms with van der Waals surface area (Å²) in [6.07, 6.45) is 14.2. The molecule has 3 heteroatoms. The Kier molecular flexibility index (Phi) is 4.21. The van der Waals surface area contributed by atoms with Crippen LogP contribution in [0.25, 0.3) is 0 Å². The minimum Gasteiger partial charge on any atom is -0.317 e. The molecule has 3 nitrogen and oxygen atoms in total. The Morgan fingerprint density at radius 2 is 2.05 bits per heavy atom. The lowest BCUT2D eigenvalue weighted by molar-refractivity contribution is 0.327. The van der Waals surface area contributed by atoms with Crippen LogP contribution < -0.4 is 5.32 Å². The van der Waals surface area contributed by atoms with Crippen molar-refractivity contribution in [2.45, 2.75) is 69.9 Å². The third-order valence-corrected chi connectivity index (χ3v) is 4.89. The van der Waals surface area contributed by atoms with Gasteiger partial charge in [-0.3, -0.25) is 4.68 Å². The zero-order valence-electron chi connectivity index (χ0n) is 12.1. The predicted octanol–water partition coefficient (Wildman–Crippen LogP) is 3.32. The molecule has 0 spiro atoms. The van der Waals surface area contributed by atoms with E-state index in [0.717, 1.165) is 12.3 Å². The van der Waals surface area contributed by atoms with E-state index >= 15 is 0 Å². The molecule has 2 saturated carbocycles. The molecule has 2 aliphatic rings. The van der Waals surface area contributed by atoms with E-state index in [4.69, 9.17) is 5.10 Å². The highest BCUT2D eigenvalue weighted by Gasteiger charge is 2.29. The van der Waals surface area contributed by atoms with E-state index in [2.05, 4.69) is 29.3 Å². The molecule has 0 bridgehead atoms. The summed E-state index contributed by atoms with van der Waals surface area (Å²) in [6, 6.07) is 3.61. The maximum atomic E-state index is 4.81. The molecule has 1 aromatic heterocycles. The van der Waals surface area contributed by atoms with Crippen molar-refractivity contribution in [1.82, 2.24) is 15.1 Å². The number of aryl methyl sites for hydroxylation is 1. The van der Waals surface area contributed by atoms with E-state index in [1.807, 2.05) is 0 Å². The molecule has 0 radical (unpaired) electrons. The first-order valence-electron chi connectivity index (χ1n) is 8.08. The minimum atomic E-state index is 0.672. The van der Waals surface area contributed by atoms with Gasteiger partial charge in [0.15, 0.2) is 0 Å². The van der Waals surface area contributed by atoms with Gasteiger partial charge in [0.25, 0.3) is 0 Å². The summed E-state index contributed by atoms with van der Waals surface area (Å²) in [7, 11) is 2.10. The number of rotatable bonds is 6. The van der Waals surface area contributed by atoms with Crippen LogP contribution in [0.15, 0.2) is 12.3 Å². The number of hydrogen-bond acceptors (Lipinski definition) is 2. The molecular weight excluding hydrogens is 234 g/mol. The van der Waals surface area contributed by atoms with Gasteiger partial charge in [0.1, 0.15) is 0 Å². The highest BCUT2D eigenvalue weighted by molar-refractivity contribution is 5.01. The number of aromatic nitrogens is 2. The van der Waals surface area contributed by atoms with Crippen molar-refractivity contribution in [3.8, 4) is 0 Å². The van der Waals surface area contributed by atoms with Crippen LogP contribution in [-0.4, -0.2) is 22.9 Å². The average Bonchev–Trinajstić information content (AvgIpc) is 3.18. The van der Waals surface area contributed by atoms with Crippen molar-refractivity contribution in [2.24, 2.45) is 5.92 Å². The monoisotopic (exact) mass is 261 g/mol. The van der Waals surface area contributed by atoms with Crippen molar-refractivity contribution in [3.05, 3.63) is 18.0 Å². The summed E-state index contributed by atoms with van der Waals surface area (Å²) >= 11 is 0. The van der Waals surface area contributed by atoms with E-state index in [1.54, 1.807) is 0 Å². The van der Waals surface area contributed by atoms with Crippen molar-refractivity contribution in [3.63, 3.8) is 0 Å². The van der Waals surface area contributed by atoms with E-state index in [9.17, 15) is 0 Å². The smallest absolute Gasteiger partial charge is 0.0625 e. The van der Waals surface area contributed by atoms with Crippen molar-refractivity contribution in [1.29, 1.82) is 0 Å². The van der Waals surface area contributed by atoms with E-state index < -0.39 is 0 Å². The molecule has 1 heterocycles. The van der Waals surface area contributed by atoms with Gasteiger partial charge in [0.05, 0.1) is 11.7 Å². The first-order valence-corrected chi connectivity index (χ1v) is 8.08. The van der Waals surface area contributed by atoms with E-state index in [-0.39, 0.29) is 0 Å². The quantitative estimate of drug-likeness (QED) is 0.851. The molecule has 1 N–H and O–H groups in total. The van der Waals surface area contributed by atoms with Gasteiger partial charge in [-0.15, -0.1) is 0 Å². The predicted molar refractivity (Wildman–Crippen MR) is 78.2 cm³/mol. The summed E-state index contributed by atoms with van der Waals surface area (Å²) in [6.45, 7) is 0. The third kappa shape index (κ3) is 3.38. The fourth-order valence-corrected chi connectivity index (χ4v) is 3.48. The Hall–Kier alpha value is -0.830. The van der Waals surface area contributed by atoms with Crippen LogP contribution in [0.3, 0.4) is 0 Å². The summed E-state index contributed by atoms with van der Waals surface area (Å²) in [5.74, 6) is 0.936. The van der Waals surface area contributed by atoms with Crippen LogP contribution in [0.4, 0.5) is 0 Å². The molecule has 1 aromatic rings. The first-order chi connectivity index (χ1) is 9.36. The maximum absolute atomic E-state index is 4.81. The normalized spacial score (nSPS) is 22.6. The van der Waals surface area contributed by atoms with Gasteiger partial charge < -0.3 is 5.32 Å². The highest BCUT2D eigenvalue weighted by Crippen LogP contribution is 2.34. The van der Waals surface area contributed by atoms with Crippen LogP contribution in [0.2, 0.25) is 0 Å². The maximum Gasteiger partial charge on any atom is 0.0625 e. The molecule has 2 aliphatic carbocycles. The summed E-state index contributed by atoms with van der Waals surface area (Å²) in [5, 5.41) is 8.28. The standard InChI is InChI=1S/C16H27N3/c1-17-16(13-7-8-13)10-9-14-11-12-19(18-14)15-5-3-2-4-6-15/h11-13,15-17H,2-10H2,1H3. The number of hydrogen-bond donors (Lipinski definition) is 1. The van der Waals surface area contributed by atoms with Crippen LogP contribution in [-0.2, 0) is 6.42 Å². The van der Waals surface area contributed by atoms with Gasteiger partial charge in [-0.2, -0.15) is 5.10 Å². The highest BCUT2D eigenvalue weighted by atomic mass is 15.3. The van der Waals surface area contributed by atoms with E-state index in [0.29, 0.717) is 12.1 Å². The van der Waals surface area contributed by atoms with Gasteiger partial charge in [0, 0.05) is 12.2 Å². The van der Waals surface area contributed by atoms with Gasteiger partial charge in [-0.25, -0.2) is 0 Å². The van der Waals surface area contributed by atoms with Crippen LogP contribution >= 0.6 is 0 Å². The average molecular weight is 261 g/mol. The molecule has 0 saturated heterocycles. The van der Waals surface area contributed by atoms with Crippen molar-refractivity contribution >= 4 is 0 Å². The second-order valence-corrected chi connectivity index (χ2v) is 6.35. The fraction of sp³-hybridized carbons (Fsp3) is 0.812. The first kappa shape index (κ1) is 13.2. The molecule has 3 rings (SSSR count). The second-order valence-electron chi connectivity index (χ2n) is 6.35. The van der Waals surface area contributed by atoms with E-state index in [1.165, 1.54) is 57.1 Å². The Labute approximate surface area is 116 Å². The molecule has 1 atom stereocenters. The molecular formula is C16H27N3. The third-order valence-electron chi connectivity index (χ3n) is 4.89. The van der Waals surface area contributed by atoms with Crippen LogP contribution in [0.1, 0.15) is 63.1 Å². The SMILES string of the molecule is CNC(CCc1ccn(C2CCCCC2)n1)C1CC1. The Balaban J connectivity index is 1.52. The zero-order chi connectivity index (χ0) is 13.1. The molecule has 1 unspecified atom stereocenters. The summed E-state index contributed by atoms with van der Waals surface area (Å²) in [5.41, 5.74) is 1.28. The summed E-state index contributed by atoms with van der Waals surface area (Å²) in [4.78, 5) is 0. The van der Waals surface area contributed by atoms with Gasteiger partial charge in [-0.05, 0) is 57.6 Å². The molecule has 0 aliphatic heterocycles. The topological polar surface area (TPSA) is 29.9 Å². The van der Waals surface area contributed by atoms with Gasteiger partial charge >= 0.3 is 0 Å². The largest absolute Gasteiger partial charge is 0.317 e. The number of nitrogens with one attached hydrogen (secondary N) is 1. The lowest BCUT2D eigenvalue weighted by atomic mass is 9.96. The lowest BCUT2D eigenvalue weighted by Crippen LogP contribution is -2.27. The van der Waals surface area contributed by atoms with Crippen molar-refractivity contribution < 1.29 is 0 Å². The van der Waals surface area contributed by atoms with Crippen LogP contribution in [0, 0.1) is 5.92 Å². The number of nitrogens with zero attached hydrogens (tertiary/aromatic N) is 2. The minimum absolute atomic E-state index is 0.672. The van der Waals surface area contributed by atoms with Gasteiger partial charge in [-0.1, -0.05) is 19.3 Å². The molecule has 0 amide bonds. The fourth-order valence-electron chi connectivity index (χ4n) is 3.48. The Bertz CT molecular complexity index is 388. The summed E-state index contributed by atoms with van der Waals surface area (Å²) < 4.78 is 2.24. The Morgan fingerprint density at radius 3 is 2.74 bits per heavy atom. The van der Waals surface area contributed by atoms with Crippen LogP contribution in [0.5, 0.6) is 0 Å². The molecule has 106 valence electrons. The molecule has 0 aromatic carbocycles. The Morgan fingerprint density at radius 1 is 1.26 bits per heavy atom. The molecule has 19 heavy (non-hydrogen) atoms. The molecule has 2 fully saturated rings.